The number of amides is 1. The van der Waals surface area contributed by atoms with Crippen molar-refractivity contribution in [1.82, 2.24) is 9.80 Å². The normalized spacial score (nSPS) is 32.3. The van der Waals surface area contributed by atoms with Gasteiger partial charge in [-0.2, -0.15) is 0 Å². The maximum atomic E-state index is 12.8. The van der Waals surface area contributed by atoms with Crippen LogP contribution in [-0.4, -0.2) is 73.3 Å². The summed E-state index contributed by atoms with van der Waals surface area (Å²) in [6.45, 7) is 6.79. The molecule has 0 aromatic heterocycles. The second kappa shape index (κ2) is 7.75. The number of hydrogen-bond acceptors (Lipinski definition) is 4. The minimum absolute atomic E-state index is 0.277. The molecule has 2 aliphatic heterocycles. The van der Waals surface area contributed by atoms with Crippen LogP contribution in [0.2, 0.25) is 0 Å². The first-order valence-electron chi connectivity index (χ1n) is 9.03. The highest BCUT2D eigenvalue weighted by Crippen LogP contribution is 2.28. The van der Waals surface area contributed by atoms with E-state index in [4.69, 9.17) is 9.47 Å². The Morgan fingerprint density at radius 2 is 2.00 bits per heavy atom. The first-order chi connectivity index (χ1) is 10.8. The van der Waals surface area contributed by atoms with Gasteiger partial charge in [0.15, 0.2) is 0 Å². The van der Waals surface area contributed by atoms with E-state index in [1.165, 1.54) is 12.8 Å². The van der Waals surface area contributed by atoms with Crippen LogP contribution in [0.1, 0.15) is 45.4 Å². The van der Waals surface area contributed by atoms with Gasteiger partial charge in [-0.15, -0.1) is 0 Å². The Hall–Kier alpha value is -0.650. The van der Waals surface area contributed by atoms with E-state index in [1.54, 1.807) is 0 Å². The second-order valence-electron chi connectivity index (χ2n) is 6.81. The molecule has 3 rings (SSSR count). The third-order valence-electron chi connectivity index (χ3n) is 5.34. The van der Waals surface area contributed by atoms with E-state index in [0.29, 0.717) is 25.3 Å². The molecule has 3 fully saturated rings. The predicted octanol–water partition coefficient (Wildman–Crippen LogP) is 1.66. The average Bonchev–Trinajstić information content (AvgIpc) is 3.06. The van der Waals surface area contributed by atoms with E-state index >= 15 is 0 Å². The first kappa shape index (κ1) is 16.2. The SMILES string of the molecule is CCN(CC(=O)N1CCO[C@@H]2CCCC[C@H]21)C[C@H]1CCCO1. The van der Waals surface area contributed by atoms with Crippen molar-refractivity contribution >= 4 is 5.91 Å². The van der Waals surface area contributed by atoms with Crippen LogP contribution in [-0.2, 0) is 14.3 Å². The van der Waals surface area contributed by atoms with Crippen LogP contribution >= 0.6 is 0 Å². The van der Waals surface area contributed by atoms with Gasteiger partial charge >= 0.3 is 0 Å². The third kappa shape index (κ3) is 3.81. The van der Waals surface area contributed by atoms with Crippen LogP contribution in [0, 0.1) is 0 Å². The molecule has 0 spiro atoms. The van der Waals surface area contributed by atoms with Gasteiger partial charge in [0.25, 0.3) is 0 Å². The third-order valence-corrected chi connectivity index (χ3v) is 5.34. The van der Waals surface area contributed by atoms with Crippen molar-refractivity contribution < 1.29 is 14.3 Å². The highest BCUT2D eigenvalue weighted by molar-refractivity contribution is 5.78. The zero-order chi connectivity index (χ0) is 15.4. The van der Waals surface area contributed by atoms with E-state index < -0.39 is 0 Å². The molecule has 1 saturated carbocycles. The van der Waals surface area contributed by atoms with Gasteiger partial charge in [-0.25, -0.2) is 0 Å². The van der Waals surface area contributed by atoms with Gasteiger partial charge in [-0.3, -0.25) is 9.69 Å². The van der Waals surface area contributed by atoms with E-state index in [9.17, 15) is 4.79 Å². The molecule has 1 amide bonds. The summed E-state index contributed by atoms with van der Waals surface area (Å²) in [6.07, 6.45) is 7.57. The number of hydrogen-bond donors (Lipinski definition) is 0. The average molecular weight is 310 g/mol. The Labute approximate surface area is 133 Å². The minimum Gasteiger partial charge on any atom is -0.377 e. The largest absolute Gasteiger partial charge is 0.377 e. The Morgan fingerprint density at radius 3 is 2.77 bits per heavy atom. The number of morpholine rings is 1. The summed E-state index contributed by atoms with van der Waals surface area (Å²) in [5.41, 5.74) is 0. The lowest BCUT2D eigenvalue weighted by Gasteiger charge is -2.44. The lowest BCUT2D eigenvalue weighted by atomic mass is 9.90. The molecule has 0 aromatic carbocycles. The monoisotopic (exact) mass is 310 g/mol. The molecule has 2 heterocycles. The Bertz CT molecular complexity index is 369. The minimum atomic E-state index is 0.277. The van der Waals surface area contributed by atoms with Crippen LogP contribution in [0.4, 0.5) is 0 Å². The van der Waals surface area contributed by atoms with Crippen LogP contribution < -0.4 is 0 Å². The van der Waals surface area contributed by atoms with Crippen LogP contribution in [0.25, 0.3) is 0 Å². The molecule has 126 valence electrons. The van der Waals surface area contributed by atoms with Crippen molar-refractivity contribution in [2.45, 2.75) is 63.7 Å². The summed E-state index contributed by atoms with van der Waals surface area (Å²) in [5, 5.41) is 0. The second-order valence-corrected chi connectivity index (χ2v) is 6.81. The highest BCUT2D eigenvalue weighted by atomic mass is 16.5. The van der Waals surface area contributed by atoms with Crippen LogP contribution in [0.5, 0.6) is 0 Å². The molecule has 0 unspecified atom stereocenters. The smallest absolute Gasteiger partial charge is 0.237 e. The number of carbonyl (C=O) groups is 1. The van der Waals surface area contributed by atoms with E-state index in [0.717, 1.165) is 51.9 Å². The molecule has 2 saturated heterocycles. The van der Waals surface area contributed by atoms with Crippen molar-refractivity contribution in [1.29, 1.82) is 0 Å². The van der Waals surface area contributed by atoms with Crippen molar-refractivity contribution in [3.05, 3.63) is 0 Å². The van der Waals surface area contributed by atoms with Crippen molar-refractivity contribution in [3.63, 3.8) is 0 Å². The van der Waals surface area contributed by atoms with E-state index in [-0.39, 0.29) is 12.0 Å². The Morgan fingerprint density at radius 1 is 1.14 bits per heavy atom. The fourth-order valence-electron chi connectivity index (χ4n) is 4.07. The number of likely N-dealkylation sites (N-methyl/N-ethyl adjacent to an activating group) is 1. The van der Waals surface area contributed by atoms with Gasteiger partial charge in [0.1, 0.15) is 0 Å². The van der Waals surface area contributed by atoms with Gasteiger partial charge in [-0.1, -0.05) is 19.8 Å². The van der Waals surface area contributed by atoms with Crippen molar-refractivity contribution in [2.75, 3.05) is 39.4 Å². The number of carbonyl (C=O) groups excluding carboxylic acids is 1. The molecule has 22 heavy (non-hydrogen) atoms. The standard InChI is InChI=1S/C17H30N2O3/c1-2-18(12-14-6-5-10-21-14)13-17(20)19-9-11-22-16-8-4-3-7-15(16)19/h14-16H,2-13H2,1H3/t14-,15-,16-/m1/s1. The number of fused-ring (bicyclic) bond motifs is 1. The Kier molecular flexibility index (Phi) is 5.71. The number of rotatable bonds is 5. The van der Waals surface area contributed by atoms with Gasteiger partial charge in [0.05, 0.1) is 31.4 Å². The summed E-state index contributed by atoms with van der Waals surface area (Å²) >= 11 is 0. The number of nitrogens with zero attached hydrogens (tertiary/aromatic N) is 2. The molecule has 0 aromatic rings. The summed E-state index contributed by atoms with van der Waals surface area (Å²) in [7, 11) is 0. The van der Waals surface area contributed by atoms with E-state index in [2.05, 4.69) is 16.7 Å². The summed E-state index contributed by atoms with van der Waals surface area (Å²) in [4.78, 5) is 17.1. The fraction of sp³-hybridized carbons (Fsp3) is 0.941. The quantitative estimate of drug-likeness (QED) is 0.774. The van der Waals surface area contributed by atoms with Gasteiger partial charge < -0.3 is 14.4 Å². The molecule has 0 N–H and O–H groups in total. The van der Waals surface area contributed by atoms with Gasteiger partial charge in [-0.05, 0) is 32.2 Å². The summed E-state index contributed by atoms with van der Waals surface area (Å²) in [6, 6.07) is 0.316. The van der Waals surface area contributed by atoms with Gasteiger partial charge in [0.2, 0.25) is 5.91 Å². The number of ether oxygens (including phenoxy) is 2. The van der Waals surface area contributed by atoms with Gasteiger partial charge in [0, 0.05) is 19.7 Å². The van der Waals surface area contributed by atoms with E-state index in [1.807, 2.05) is 0 Å². The molecule has 1 aliphatic carbocycles. The summed E-state index contributed by atoms with van der Waals surface area (Å²) in [5.74, 6) is 0.278. The predicted molar refractivity (Wildman–Crippen MR) is 84.8 cm³/mol. The molecule has 5 nitrogen and oxygen atoms in total. The molecule has 0 radical (unpaired) electrons. The van der Waals surface area contributed by atoms with Crippen molar-refractivity contribution in [2.24, 2.45) is 0 Å². The molecule has 3 aliphatic rings. The highest BCUT2D eigenvalue weighted by Gasteiger charge is 2.37. The Balaban J connectivity index is 1.54. The maximum Gasteiger partial charge on any atom is 0.237 e. The zero-order valence-corrected chi connectivity index (χ0v) is 13.8. The van der Waals surface area contributed by atoms with Crippen LogP contribution in [0.3, 0.4) is 0 Å². The maximum absolute atomic E-state index is 12.8. The lowest BCUT2D eigenvalue weighted by molar-refractivity contribution is -0.150. The molecular formula is C17H30N2O3. The topological polar surface area (TPSA) is 42.0 Å². The van der Waals surface area contributed by atoms with Crippen molar-refractivity contribution in [3.8, 4) is 0 Å². The first-order valence-corrected chi connectivity index (χ1v) is 9.03. The summed E-state index contributed by atoms with van der Waals surface area (Å²) < 4.78 is 11.6. The molecule has 5 heteroatoms. The fourth-order valence-corrected chi connectivity index (χ4v) is 4.07. The lowest BCUT2D eigenvalue weighted by Crippen LogP contribution is -2.57. The molecule has 0 bridgehead atoms. The molecular weight excluding hydrogens is 280 g/mol. The molecule has 3 atom stereocenters. The van der Waals surface area contributed by atoms with Crippen LogP contribution in [0.15, 0.2) is 0 Å². The zero-order valence-electron chi connectivity index (χ0n) is 13.8.